The zero-order chi connectivity index (χ0) is 15.4. The van der Waals surface area contributed by atoms with Crippen molar-refractivity contribution < 1.29 is 4.79 Å². The van der Waals surface area contributed by atoms with Gasteiger partial charge < -0.3 is 9.88 Å². The molecule has 0 bridgehead atoms. The Kier molecular flexibility index (Phi) is 4.77. The van der Waals surface area contributed by atoms with Gasteiger partial charge in [-0.05, 0) is 25.3 Å². The first-order valence-electron chi connectivity index (χ1n) is 7.55. The van der Waals surface area contributed by atoms with Gasteiger partial charge >= 0.3 is 0 Å². The number of carbonyl (C=O) groups is 1. The number of thioether (sulfide) groups is 1. The molecule has 1 aliphatic rings. The maximum Gasteiger partial charge on any atom is 0.233 e. The predicted octanol–water partition coefficient (Wildman–Crippen LogP) is 2.55. The second-order valence-corrected chi connectivity index (χ2v) is 6.87. The van der Waals surface area contributed by atoms with E-state index in [0.29, 0.717) is 12.6 Å². The Bertz CT molecular complexity index is 624. The Morgan fingerprint density at radius 3 is 2.91 bits per heavy atom. The van der Waals surface area contributed by atoms with Gasteiger partial charge in [-0.3, -0.25) is 4.79 Å². The minimum Gasteiger partial charge on any atom is -0.348 e. The van der Waals surface area contributed by atoms with Crippen molar-refractivity contribution in [2.24, 2.45) is 0 Å². The molecule has 0 radical (unpaired) electrons. The predicted molar refractivity (Wildman–Crippen MR) is 87.3 cm³/mol. The molecule has 5 nitrogen and oxygen atoms in total. The van der Waals surface area contributed by atoms with E-state index in [1.807, 2.05) is 25.1 Å². The topological polar surface area (TPSA) is 59.8 Å². The summed E-state index contributed by atoms with van der Waals surface area (Å²) in [5.41, 5.74) is 1.24. The van der Waals surface area contributed by atoms with Crippen LogP contribution in [0.25, 0.3) is 0 Å². The van der Waals surface area contributed by atoms with Crippen LogP contribution in [-0.4, -0.2) is 25.9 Å². The number of carbonyl (C=O) groups excluding carboxylic acids is 1. The average Bonchev–Trinajstić information content (AvgIpc) is 3.29. The molecule has 0 unspecified atom stereocenters. The van der Waals surface area contributed by atoms with Gasteiger partial charge in [0.2, 0.25) is 5.91 Å². The minimum atomic E-state index is -0.0856. The van der Waals surface area contributed by atoms with Gasteiger partial charge in [-0.2, -0.15) is 0 Å². The molecule has 116 valence electrons. The molecule has 1 aromatic heterocycles. The van der Waals surface area contributed by atoms with Crippen molar-refractivity contribution in [3.05, 3.63) is 48.0 Å². The molecule has 6 heteroatoms. The molecule has 1 fully saturated rings. The summed E-state index contributed by atoms with van der Waals surface area (Å²) in [6, 6.07) is 10.7. The highest BCUT2D eigenvalue weighted by Gasteiger charge is 2.26. The summed E-state index contributed by atoms with van der Waals surface area (Å²) in [5.74, 6) is 1.73. The van der Waals surface area contributed by atoms with Gasteiger partial charge in [0.15, 0.2) is 5.82 Å². The maximum absolute atomic E-state index is 12.2. The number of rotatable bonds is 7. The van der Waals surface area contributed by atoms with Crippen LogP contribution in [0.15, 0.2) is 36.7 Å². The summed E-state index contributed by atoms with van der Waals surface area (Å²) < 4.78 is 2.07. The first kappa shape index (κ1) is 15.1. The molecule has 3 rings (SSSR count). The highest BCUT2D eigenvalue weighted by Crippen LogP contribution is 2.35. The lowest BCUT2D eigenvalue weighted by Crippen LogP contribution is -2.31. The SMILES string of the molecule is C[C@@H](SCc1ccccc1)C(=O)NCc1nncn1C1CC1. The van der Waals surface area contributed by atoms with E-state index in [4.69, 9.17) is 0 Å². The van der Waals surface area contributed by atoms with Crippen LogP contribution in [0.5, 0.6) is 0 Å². The van der Waals surface area contributed by atoms with Gasteiger partial charge in [0.1, 0.15) is 6.33 Å². The van der Waals surface area contributed by atoms with Crippen LogP contribution in [0, 0.1) is 0 Å². The Labute approximate surface area is 134 Å². The number of benzene rings is 1. The van der Waals surface area contributed by atoms with Crippen LogP contribution in [-0.2, 0) is 17.1 Å². The van der Waals surface area contributed by atoms with E-state index in [9.17, 15) is 4.79 Å². The molecule has 1 atom stereocenters. The second-order valence-electron chi connectivity index (χ2n) is 5.54. The summed E-state index contributed by atoms with van der Waals surface area (Å²) in [7, 11) is 0. The van der Waals surface area contributed by atoms with Crippen molar-refractivity contribution in [3.63, 3.8) is 0 Å². The monoisotopic (exact) mass is 316 g/mol. The lowest BCUT2D eigenvalue weighted by atomic mass is 10.2. The third-order valence-corrected chi connectivity index (χ3v) is 4.93. The smallest absolute Gasteiger partial charge is 0.233 e. The number of aromatic nitrogens is 3. The van der Waals surface area contributed by atoms with E-state index in [2.05, 4.69) is 32.2 Å². The number of amides is 1. The fraction of sp³-hybridized carbons (Fsp3) is 0.438. The van der Waals surface area contributed by atoms with Gasteiger partial charge in [-0.15, -0.1) is 22.0 Å². The largest absolute Gasteiger partial charge is 0.348 e. The third-order valence-electron chi connectivity index (χ3n) is 3.72. The molecule has 1 amide bonds. The number of nitrogens with one attached hydrogen (secondary N) is 1. The lowest BCUT2D eigenvalue weighted by Gasteiger charge is -2.12. The average molecular weight is 316 g/mol. The van der Waals surface area contributed by atoms with Crippen molar-refractivity contribution in [1.82, 2.24) is 20.1 Å². The molecular weight excluding hydrogens is 296 g/mol. The van der Waals surface area contributed by atoms with E-state index in [-0.39, 0.29) is 11.2 Å². The van der Waals surface area contributed by atoms with E-state index < -0.39 is 0 Å². The standard InChI is InChI=1S/C16H20N4OS/c1-12(22-10-13-5-3-2-4-6-13)16(21)17-9-15-19-18-11-20(15)14-7-8-14/h2-6,11-12,14H,7-10H2,1H3,(H,17,21)/t12-/m1/s1. The van der Waals surface area contributed by atoms with E-state index in [0.717, 1.165) is 11.6 Å². The molecule has 1 aromatic carbocycles. The molecule has 0 spiro atoms. The zero-order valence-corrected chi connectivity index (χ0v) is 13.4. The molecule has 2 aromatic rings. The highest BCUT2D eigenvalue weighted by atomic mass is 32.2. The molecule has 1 heterocycles. The highest BCUT2D eigenvalue weighted by molar-refractivity contribution is 7.99. The van der Waals surface area contributed by atoms with Crippen LogP contribution >= 0.6 is 11.8 Å². The van der Waals surface area contributed by atoms with E-state index in [1.54, 1.807) is 18.1 Å². The summed E-state index contributed by atoms with van der Waals surface area (Å²) in [4.78, 5) is 12.2. The second kappa shape index (κ2) is 6.96. The van der Waals surface area contributed by atoms with Crippen LogP contribution < -0.4 is 5.32 Å². The zero-order valence-electron chi connectivity index (χ0n) is 12.6. The molecule has 1 aliphatic carbocycles. The van der Waals surface area contributed by atoms with Crippen molar-refractivity contribution in [1.29, 1.82) is 0 Å². The van der Waals surface area contributed by atoms with Crippen LogP contribution in [0.2, 0.25) is 0 Å². The van der Waals surface area contributed by atoms with Gasteiger partial charge in [0.05, 0.1) is 11.8 Å². The molecule has 0 aliphatic heterocycles. The Balaban J connectivity index is 1.45. The summed E-state index contributed by atoms with van der Waals surface area (Å²) in [6.45, 7) is 2.39. The van der Waals surface area contributed by atoms with Crippen molar-refractivity contribution in [2.75, 3.05) is 0 Å². The molecular formula is C16H20N4OS. The Morgan fingerprint density at radius 2 is 2.18 bits per heavy atom. The fourth-order valence-corrected chi connectivity index (χ4v) is 3.10. The van der Waals surface area contributed by atoms with Crippen molar-refractivity contribution in [3.8, 4) is 0 Å². The first-order chi connectivity index (χ1) is 10.7. The Hall–Kier alpha value is -1.82. The quantitative estimate of drug-likeness (QED) is 0.853. The molecule has 22 heavy (non-hydrogen) atoms. The lowest BCUT2D eigenvalue weighted by molar-refractivity contribution is -0.120. The Morgan fingerprint density at radius 1 is 1.41 bits per heavy atom. The molecule has 1 N–H and O–H groups in total. The number of hydrogen-bond acceptors (Lipinski definition) is 4. The summed E-state index contributed by atoms with van der Waals surface area (Å²) >= 11 is 1.64. The van der Waals surface area contributed by atoms with Crippen LogP contribution in [0.1, 0.15) is 37.2 Å². The summed E-state index contributed by atoms with van der Waals surface area (Å²) in [5, 5.41) is 10.9. The van der Waals surface area contributed by atoms with Gasteiger partial charge in [-0.25, -0.2) is 0 Å². The number of hydrogen-bond donors (Lipinski definition) is 1. The van der Waals surface area contributed by atoms with Crippen molar-refractivity contribution in [2.45, 2.75) is 43.4 Å². The van der Waals surface area contributed by atoms with Crippen LogP contribution in [0.3, 0.4) is 0 Å². The molecule has 1 saturated carbocycles. The number of nitrogens with zero attached hydrogens (tertiary/aromatic N) is 3. The minimum absolute atomic E-state index is 0.0475. The van der Waals surface area contributed by atoms with Crippen LogP contribution in [0.4, 0.5) is 0 Å². The normalized spacial score (nSPS) is 15.5. The first-order valence-corrected chi connectivity index (χ1v) is 8.60. The summed E-state index contributed by atoms with van der Waals surface area (Å²) in [6.07, 6.45) is 4.12. The maximum atomic E-state index is 12.2. The fourth-order valence-electron chi connectivity index (χ4n) is 2.23. The van der Waals surface area contributed by atoms with E-state index in [1.165, 1.54) is 18.4 Å². The van der Waals surface area contributed by atoms with Crippen molar-refractivity contribution >= 4 is 17.7 Å². The van der Waals surface area contributed by atoms with Gasteiger partial charge in [-0.1, -0.05) is 30.3 Å². The third kappa shape index (κ3) is 3.88. The van der Waals surface area contributed by atoms with Gasteiger partial charge in [0, 0.05) is 11.8 Å². The van der Waals surface area contributed by atoms with Gasteiger partial charge in [0.25, 0.3) is 0 Å². The van der Waals surface area contributed by atoms with E-state index >= 15 is 0 Å². The molecule has 0 saturated heterocycles.